The van der Waals surface area contributed by atoms with E-state index in [1.807, 2.05) is 0 Å². The number of carbonyl (C=O) groups excluding carboxylic acids is 3. The van der Waals surface area contributed by atoms with Crippen molar-refractivity contribution in [2.45, 2.75) is 74.3 Å². The van der Waals surface area contributed by atoms with E-state index in [2.05, 4.69) is 16.0 Å². The maximum atomic E-state index is 12.8. The lowest BCUT2D eigenvalue weighted by Gasteiger charge is -2.26. The minimum absolute atomic E-state index is 0.144. The Hall–Kier alpha value is -2.97. The molecule has 0 spiro atoms. The normalized spacial score (nSPS) is 17.9. The van der Waals surface area contributed by atoms with E-state index in [4.69, 9.17) is 14.9 Å². The van der Waals surface area contributed by atoms with Gasteiger partial charge in [0.1, 0.15) is 49.3 Å². The zero-order valence-corrected chi connectivity index (χ0v) is 22.6. The van der Waals surface area contributed by atoms with Crippen LogP contribution in [0.25, 0.3) is 0 Å². The molecule has 0 heterocycles. The lowest BCUT2D eigenvalue weighted by Crippen LogP contribution is -2.53. The second-order valence-corrected chi connectivity index (χ2v) is 9.44. The van der Waals surface area contributed by atoms with Crippen LogP contribution in [-0.4, -0.2) is 150 Å². The summed E-state index contributed by atoms with van der Waals surface area (Å²) in [6, 6.07) is 7.13. The minimum atomic E-state index is -1.96. The summed E-state index contributed by atoms with van der Waals surface area (Å²) in [5.74, 6) is -1.69. The topological polar surface area (TPSA) is 299 Å². The second kappa shape index (κ2) is 19.3. The Kier molecular flexibility index (Phi) is 17.0. The summed E-state index contributed by atoms with van der Waals surface area (Å²) in [4.78, 5) is 37.4. The van der Waals surface area contributed by atoms with E-state index in [-0.39, 0.29) is 13.0 Å². The van der Waals surface area contributed by atoms with E-state index in [0.717, 1.165) is 0 Å². The highest BCUT2D eigenvalue weighted by Gasteiger charge is 2.32. The summed E-state index contributed by atoms with van der Waals surface area (Å²) in [6.07, 6.45) is -16.5. The van der Waals surface area contributed by atoms with Gasteiger partial charge in [-0.1, -0.05) is 30.3 Å². The molecule has 0 aliphatic rings. The van der Waals surface area contributed by atoms with E-state index >= 15 is 0 Å². The van der Waals surface area contributed by atoms with Crippen molar-refractivity contribution < 1.29 is 70.2 Å². The maximum Gasteiger partial charge on any atom is 0.408 e. The van der Waals surface area contributed by atoms with Gasteiger partial charge in [-0.25, -0.2) is 4.79 Å². The minimum Gasteiger partial charge on any atom is -0.445 e. The molecular weight excluding hydrogens is 566 g/mol. The molecule has 13 N–H and O–H groups in total. The Morgan fingerprint density at radius 3 is 1.67 bits per heavy atom. The molecule has 0 bridgehead atoms. The molecule has 1 rings (SSSR count). The van der Waals surface area contributed by atoms with Gasteiger partial charge in [0.25, 0.3) is 0 Å². The maximum absolute atomic E-state index is 12.8. The van der Waals surface area contributed by atoms with Gasteiger partial charge in [0, 0.05) is 19.5 Å². The van der Waals surface area contributed by atoms with Crippen LogP contribution in [0.4, 0.5) is 4.79 Å². The van der Waals surface area contributed by atoms with Gasteiger partial charge in [-0.05, 0) is 12.0 Å². The zero-order chi connectivity index (χ0) is 31.8. The summed E-state index contributed by atoms with van der Waals surface area (Å²) in [7, 11) is 0. The van der Waals surface area contributed by atoms with Crippen LogP contribution in [-0.2, 0) is 20.9 Å². The first kappa shape index (κ1) is 37.1. The third kappa shape index (κ3) is 12.9. The van der Waals surface area contributed by atoms with Gasteiger partial charge in [-0.3, -0.25) is 9.59 Å². The van der Waals surface area contributed by atoms with Crippen molar-refractivity contribution in [1.29, 1.82) is 0 Å². The molecule has 1 unspecified atom stereocenters. The van der Waals surface area contributed by atoms with Crippen molar-refractivity contribution in [3.8, 4) is 0 Å². The number of ether oxygens (including phenoxy) is 1. The lowest BCUT2D eigenvalue weighted by molar-refractivity contribution is -0.128. The third-order valence-electron chi connectivity index (χ3n) is 6.13. The molecule has 1 aromatic carbocycles. The van der Waals surface area contributed by atoms with Crippen molar-refractivity contribution in [3.63, 3.8) is 0 Å². The number of nitrogens with one attached hydrogen (secondary N) is 3. The summed E-state index contributed by atoms with van der Waals surface area (Å²) >= 11 is 0. The van der Waals surface area contributed by atoms with E-state index < -0.39 is 106 Å². The molecule has 9 atom stereocenters. The number of benzene rings is 1. The number of amides is 3. The zero-order valence-electron chi connectivity index (χ0n) is 22.6. The molecule has 240 valence electrons. The number of alkyl carbamates (subject to hydrolysis) is 1. The van der Waals surface area contributed by atoms with Crippen molar-refractivity contribution in [2.75, 3.05) is 26.3 Å². The molecule has 0 radical (unpaired) electrons. The fourth-order valence-corrected chi connectivity index (χ4v) is 3.45. The largest absolute Gasteiger partial charge is 0.445 e. The number of hydrogen-bond acceptors (Lipinski definition) is 14. The molecule has 3 amide bonds. The van der Waals surface area contributed by atoms with Crippen molar-refractivity contribution in [3.05, 3.63) is 35.9 Å². The number of hydrogen-bond donors (Lipinski definition) is 13. The van der Waals surface area contributed by atoms with E-state index in [9.17, 15) is 55.2 Å². The standard InChI is InChI=1S/C25H41N3O14/c29-10-17(33)22(38)20(36)15(31)8-26-19(35)7-6-14(28-25(41)42-12-13-4-2-1-3-5-13)24(40)27-9-16(32)21(37)23(39)18(34)11-30/h1-5,14-18,20-23,29-34,36-39H,6-12H2,(H,26,35)(H,27,40)(H,28,41)/t14?,15-,16-,17+,18+,20+,21+,22+,23+/m0/s1. The molecular formula is C25H41N3O14. The fourth-order valence-electron chi connectivity index (χ4n) is 3.45. The predicted molar refractivity (Wildman–Crippen MR) is 141 cm³/mol. The van der Waals surface area contributed by atoms with Crippen LogP contribution >= 0.6 is 0 Å². The van der Waals surface area contributed by atoms with Crippen molar-refractivity contribution >= 4 is 17.9 Å². The summed E-state index contributed by atoms with van der Waals surface area (Å²) in [5.41, 5.74) is 0.645. The number of rotatable bonds is 19. The van der Waals surface area contributed by atoms with Crippen LogP contribution in [0.2, 0.25) is 0 Å². The predicted octanol–water partition coefficient (Wildman–Crippen LogP) is -5.83. The van der Waals surface area contributed by atoms with Crippen LogP contribution in [0.15, 0.2) is 30.3 Å². The SMILES string of the molecule is O=C(CCC(NC(=O)OCc1ccccc1)C(=O)NC[C@H](O)[C@@H](O)[C@H](O)[C@H](O)CO)NC[C@H](O)[C@@H](O)[C@H](O)[C@H](O)CO. The summed E-state index contributed by atoms with van der Waals surface area (Å²) in [5, 5.41) is 102. The van der Waals surface area contributed by atoms with Crippen LogP contribution < -0.4 is 16.0 Å². The Labute approximate surface area is 241 Å². The quantitative estimate of drug-likeness (QED) is 0.0697. The number of aliphatic hydroxyl groups excluding tert-OH is 10. The van der Waals surface area contributed by atoms with Gasteiger partial charge in [0.2, 0.25) is 11.8 Å². The molecule has 1 aromatic rings. The van der Waals surface area contributed by atoms with Crippen LogP contribution in [0.1, 0.15) is 18.4 Å². The molecule has 0 saturated heterocycles. The summed E-state index contributed by atoms with van der Waals surface area (Å²) < 4.78 is 5.08. The molecule has 0 aromatic heterocycles. The molecule has 0 aliphatic heterocycles. The average Bonchev–Trinajstić information content (AvgIpc) is 3.01. The van der Waals surface area contributed by atoms with Gasteiger partial charge in [0.05, 0.1) is 25.4 Å². The molecule has 42 heavy (non-hydrogen) atoms. The van der Waals surface area contributed by atoms with Crippen molar-refractivity contribution in [1.82, 2.24) is 16.0 Å². The molecule has 17 heteroatoms. The number of aliphatic hydroxyl groups is 10. The highest BCUT2D eigenvalue weighted by molar-refractivity contribution is 5.86. The van der Waals surface area contributed by atoms with Crippen LogP contribution in [0, 0.1) is 0 Å². The van der Waals surface area contributed by atoms with E-state index in [0.29, 0.717) is 5.56 Å². The van der Waals surface area contributed by atoms with Gasteiger partial charge in [-0.2, -0.15) is 0 Å². The van der Waals surface area contributed by atoms with Gasteiger partial charge in [0.15, 0.2) is 0 Å². The Morgan fingerprint density at radius 2 is 1.17 bits per heavy atom. The molecule has 0 fully saturated rings. The van der Waals surface area contributed by atoms with Crippen LogP contribution in [0.3, 0.4) is 0 Å². The Balaban J connectivity index is 2.76. The first-order chi connectivity index (χ1) is 19.8. The van der Waals surface area contributed by atoms with Gasteiger partial charge in [-0.15, -0.1) is 0 Å². The van der Waals surface area contributed by atoms with Crippen molar-refractivity contribution in [2.24, 2.45) is 0 Å². The Morgan fingerprint density at radius 1 is 0.690 bits per heavy atom. The number of carbonyl (C=O) groups is 3. The van der Waals surface area contributed by atoms with E-state index in [1.54, 1.807) is 30.3 Å². The second-order valence-electron chi connectivity index (χ2n) is 9.44. The molecule has 0 aliphatic carbocycles. The lowest BCUT2D eigenvalue weighted by atomic mass is 10.0. The molecule has 0 saturated carbocycles. The Bertz CT molecular complexity index is 942. The average molecular weight is 608 g/mol. The van der Waals surface area contributed by atoms with Gasteiger partial charge < -0.3 is 71.8 Å². The monoisotopic (exact) mass is 607 g/mol. The van der Waals surface area contributed by atoms with E-state index in [1.165, 1.54) is 0 Å². The van der Waals surface area contributed by atoms with Gasteiger partial charge >= 0.3 is 6.09 Å². The summed E-state index contributed by atoms with van der Waals surface area (Å²) in [6.45, 7) is -3.18. The highest BCUT2D eigenvalue weighted by atomic mass is 16.5. The fraction of sp³-hybridized carbons (Fsp3) is 0.640. The first-order valence-corrected chi connectivity index (χ1v) is 13.0. The first-order valence-electron chi connectivity index (χ1n) is 13.0. The molecule has 17 nitrogen and oxygen atoms in total. The third-order valence-corrected chi connectivity index (χ3v) is 6.13. The highest BCUT2D eigenvalue weighted by Crippen LogP contribution is 2.07. The smallest absolute Gasteiger partial charge is 0.408 e. The van der Waals surface area contributed by atoms with Crippen LogP contribution in [0.5, 0.6) is 0 Å².